The number of rotatable bonds is 4. The number of hydrogen-bond donors (Lipinski definition) is 1. The lowest BCUT2D eigenvalue weighted by Crippen LogP contribution is -2.54. The molecule has 2 rings (SSSR count). The number of nitrogens with zero attached hydrogens (tertiary/aromatic N) is 1. The minimum atomic E-state index is -3.88. The van der Waals surface area contributed by atoms with Crippen LogP contribution in [0.25, 0.3) is 0 Å². The molecule has 1 saturated heterocycles. The molecule has 0 aromatic heterocycles. The number of nitrogens with one attached hydrogen (secondary N) is 1. The van der Waals surface area contributed by atoms with Crippen molar-refractivity contribution < 1.29 is 22.3 Å². The Hall–Kier alpha value is -1.51. The molecule has 0 spiro atoms. The van der Waals surface area contributed by atoms with Gasteiger partial charge < -0.3 is 9.64 Å². The van der Waals surface area contributed by atoms with Crippen LogP contribution in [0.5, 0.6) is 0 Å². The number of sulfonamides is 1. The minimum Gasteiger partial charge on any atom is -0.372 e. The molecule has 0 radical (unpaired) electrons. The van der Waals surface area contributed by atoms with Crippen molar-refractivity contribution in [3.63, 3.8) is 0 Å². The second-order valence-corrected chi connectivity index (χ2v) is 7.51. The van der Waals surface area contributed by atoms with Gasteiger partial charge in [0.2, 0.25) is 15.9 Å². The molecular weight excluding hydrogens is 323 g/mol. The maximum atomic E-state index is 12.9. The van der Waals surface area contributed by atoms with E-state index in [2.05, 4.69) is 4.72 Å². The fourth-order valence-electron chi connectivity index (χ4n) is 2.60. The van der Waals surface area contributed by atoms with Crippen LogP contribution in [0.3, 0.4) is 0 Å². The summed E-state index contributed by atoms with van der Waals surface area (Å²) in [5.74, 6) is -0.831. The molecule has 0 aliphatic carbocycles. The smallest absolute Gasteiger partial charge is 0.241 e. The molecule has 1 aromatic carbocycles. The Kier molecular flexibility index (Phi) is 5.38. The number of ether oxygens (including phenoxy) is 1. The Labute approximate surface area is 135 Å². The van der Waals surface area contributed by atoms with E-state index in [9.17, 15) is 17.6 Å². The number of benzene rings is 1. The van der Waals surface area contributed by atoms with Crippen molar-refractivity contribution in [1.29, 1.82) is 0 Å². The average Bonchev–Trinajstić information content (AvgIpc) is 2.45. The highest BCUT2D eigenvalue weighted by molar-refractivity contribution is 7.89. The first-order valence-electron chi connectivity index (χ1n) is 7.41. The van der Waals surface area contributed by atoms with Crippen molar-refractivity contribution in [2.45, 2.75) is 43.9 Å². The van der Waals surface area contributed by atoms with E-state index in [4.69, 9.17) is 4.74 Å². The summed E-state index contributed by atoms with van der Waals surface area (Å²) >= 11 is 0. The summed E-state index contributed by atoms with van der Waals surface area (Å²) in [7, 11) is -3.88. The molecule has 1 N–H and O–H groups in total. The number of carbonyl (C=O) groups excluding carboxylic acids is 1. The zero-order valence-corrected chi connectivity index (χ0v) is 14.1. The summed E-state index contributed by atoms with van der Waals surface area (Å²) in [5, 5.41) is 0. The molecule has 1 aromatic rings. The predicted octanol–water partition coefficient (Wildman–Crippen LogP) is 1.13. The predicted molar refractivity (Wildman–Crippen MR) is 82.8 cm³/mol. The van der Waals surface area contributed by atoms with Gasteiger partial charge in [0, 0.05) is 13.1 Å². The van der Waals surface area contributed by atoms with Crippen molar-refractivity contribution in [1.82, 2.24) is 9.62 Å². The van der Waals surface area contributed by atoms with Gasteiger partial charge in [0.05, 0.1) is 23.1 Å². The standard InChI is InChI=1S/C15H21FN2O4S/c1-10-8-18(9-11(2)22-10)15(19)12(3)17-23(20,21)14-6-4-13(16)5-7-14/h4-7,10-12,17H,8-9H2,1-3H3/t10-,11-,12+/m1/s1. The van der Waals surface area contributed by atoms with Crippen molar-refractivity contribution in [2.24, 2.45) is 0 Å². The third kappa shape index (κ3) is 4.49. The van der Waals surface area contributed by atoms with E-state index in [1.54, 1.807) is 4.90 Å². The maximum absolute atomic E-state index is 12.9. The van der Waals surface area contributed by atoms with Gasteiger partial charge in [0.1, 0.15) is 5.82 Å². The van der Waals surface area contributed by atoms with E-state index in [1.807, 2.05) is 13.8 Å². The zero-order valence-electron chi connectivity index (χ0n) is 13.3. The third-order valence-electron chi connectivity index (χ3n) is 3.56. The van der Waals surface area contributed by atoms with Crippen LogP contribution < -0.4 is 4.72 Å². The lowest BCUT2D eigenvalue weighted by Gasteiger charge is -2.36. The van der Waals surface area contributed by atoms with E-state index in [-0.39, 0.29) is 23.0 Å². The third-order valence-corrected chi connectivity index (χ3v) is 5.11. The molecule has 3 atom stereocenters. The SMILES string of the molecule is C[C@@H]1CN(C(=O)[C@H](C)NS(=O)(=O)c2ccc(F)cc2)C[C@@H](C)O1. The highest BCUT2D eigenvalue weighted by Crippen LogP contribution is 2.14. The minimum absolute atomic E-state index is 0.0812. The van der Waals surface area contributed by atoms with Gasteiger partial charge in [-0.05, 0) is 45.0 Å². The van der Waals surface area contributed by atoms with Gasteiger partial charge in [-0.2, -0.15) is 4.72 Å². The highest BCUT2D eigenvalue weighted by atomic mass is 32.2. The molecule has 0 saturated carbocycles. The molecule has 0 unspecified atom stereocenters. The number of hydrogen-bond acceptors (Lipinski definition) is 4. The first kappa shape index (κ1) is 17.8. The lowest BCUT2D eigenvalue weighted by molar-refractivity contribution is -0.144. The van der Waals surface area contributed by atoms with Crippen LogP contribution in [-0.2, 0) is 19.6 Å². The molecule has 1 aliphatic rings. The first-order chi connectivity index (χ1) is 10.7. The zero-order chi connectivity index (χ0) is 17.2. The highest BCUT2D eigenvalue weighted by Gasteiger charge is 2.30. The van der Waals surface area contributed by atoms with Gasteiger partial charge >= 0.3 is 0 Å². The second-order valence-electron chi connectivity index (χ2n) is 5.80. The van der Waals surface area contributed by atoms with Crippen molar-refractivity contribution >= 4 is 15.9 Å². The van der Waals surface area contributed by atoms with E-state index in [0.717, 1.165) is 24.3 Å². The van der Waals surface area contributed by atoms with Crippen LogP contribution in [0.4, 0.5) is 4.39 Å². The van der Waals surface area contributed by atoms with Crippen LogP contribution in [0, 0.1) is 5.82 Å². The first-order valence-corrected chi connectivity index (χ1v) is 8.89. The van der Waals surface area contributed by atoms with Crippen LogP contribution in [0.1, 0.15) is 20.8 Å². The van der Waals surface area contributed by atoms with Gasteiger partial charge in [-0.25, -0.2) is 12.8 Å². The average molecular weight is 344 g/mol. The summed E-state index contributed by atoms with van der Waals surface area (Å²) in [4.78, 5) is 13.9. The van der Waals surface area contributed by atoms with Gasteiger partial charge in [-0.3, -0.25) is 4.79 Å². The Bertz CT molecular complexity index is 653. The van der Waals surface area contributed by atoms with Crippen molar-refractivity contribution in [3.8, 4) is 0 Å². The van der Waals surface area contributed by atoms with Crippen LogP contribution >= 0.6 is 0 Å². The second kappa shape index (κ2) is 6.94. The molecule has 1 heterocycles. The Balaban J connectivity index is 2.06. The number of halogens is 1. The Morgan fingerprint density at radius 2 is 1.78 bits per heavy atom. The van der Waals surface area contributed by atoms with E-state index in [1.165, 1.54) is 6.92 Å². The normalized spacial score (nSPS) is 23.6. The van der Waals surface area contributed by atoms with Crippen molar-refractivity contribution in [3.05, 3.63) is 30.1 Å². The maximum Gasteiger partial charge on any atom is 0.241 e. The van der Waals surface area contributed by atoms with Crippen LogP contribution in [0.2, 0.25) is 0 Å². The summed E-state index contributed by atoms with van der Waals surface area (Å²) < 4.78 is 45.3. The van der Waals surface area contributed by atoms with Crippen molar-refractivity contribution in [2.75, 3.05) is 13.1 Å². The largest absolute Gasteiger partial charge is 0.372 e. The quantitative estimate of drug-likeness (QED) is 0.888. The topological polar surface area (TPSA) is 75.7 Å². The summed E-state index contributed by atoms with van der Waals surface area (Å²) in [6.45, 7) is 6.07. The van der Waals surface area contributed by atoms with Gasteiger partial charge in [0.15, 0.2) is 0 Å². The molecule has 23 heavy (non-hydrogen) atoms. The van der Waals surface area contributed by atoms with Gasteiger partial charge in [-0.1, -0.05) is 0 Å². The van der Waals surface area contributed by atoms with Crippen LogP contribution in [0.15, 0.2) is 29.2 Å². The summed E-state index contributed by atoms with van der Waals surface area (Å²) in [5.41, 5.74) is 0. The number of amides is 1. The molecular formula is C15H21FN2O4S. The monoisotopic (exact) mass is 344 g/mol. The van der Waals surface area contributed by atoms with Gasteiger partial charge in [0.25, 0.3) is 0 Å². The Morgan fingerprint density at radius 3 is 2.30 bits per heavy atom. The van der Waals surface area contributed by atoms with E-state index in [0.29, 0.717) is 13.1 Å². The molecule has 1 aliphatic heterocycles. The molecule has 6 nitrogen and oxygen atoms in total. The summed E-state index contributed by atoms with van der Waals surface area (Å²) in [6, 6.07) is 3.53. The molecule has 1 amide bonds. The fraction of sp³-hybridized carbons (Fsp3) is 0.533. The lowest BCUT2D eigenvalue weighted by atomic mass is 10.2. The fourth-order valence-corrected chi connectivity index (χ4v) is 3.79. The number of carbonyl (C=O) groups is 1. The van der Waals surface area contributed by atoms with E-state index >= 15 is 0 Å². The molecule has 128 valence electrons. The van der Waals surface area contributed by atoms with Gasteiger partial charge in [-0.15, -0.1) is 0 Å². The van der Waals surface area contributed by atoms with E-state index < -0.39 is 21.9 Å². The molecule has 1 fully saturated rings. The molecule has 0 bridgehead atoms. The number of morpholine rings is 1. The van der Waals surface area contributed by atoms with Crippen LogP contribution in [-0.4, -0.2) is 50.6 Å². The summed E-state index contributed by atoms with van der Waals surface area (Å²) in [6.07, 6.45) is -0.188. The molecule has 8 heteroatoms. The Morgan fingerprint density at radius 1 is 1.26 bits per heavy atom.